The van der Waals surface area contributed by atoms with E-state index in [1.165, 1.54) is 11.3 Å². The number of aliphatic hydroxyl groups is 1. The monoisotopic (exact) mass is 269 g/mol. The zero-order valence-corrected chi connectivity index (χ0v) is 11.4. The highest BCUT2D eigenvalue weighted by molar-refractivity contribution is 7.09. The molecule has 1 amide bonds. The van der Waals surface area contributed by atoms with Crippen LogP contribution in [0.1, 0.15) is 17.1 Å². The molecule has 0 aromatic carbocycles. The highest BCUT2D eigenvalue weighted by Gasteiger charge is 2.22. The van der Waals surface area contributed by atoms with Crippen LogP contribution in [-0.2, 0) is 17.8 Å². The molecule has 1 aromatic rings. The zero-order valence-electron chi connectivity index (χ0n) is 10.6. The van der Waals surface area contributed by atoms with E-state index in [-0.39, 0.29) is 12.5 Å². The van der Waals surface area contributed by atoms with Gasteiger partial charge in [0.25, 0.3) is 0 Å². The van der Waals surface area contributed by atoms with E-state index in [0.717, 1.165) is 36.8 Å². The third-order valence-corrected chi connectivity index (χ3v) is 4.10. The molecular formula is C12H19N3O2S. The average molecular weight is 269 g/mol. The number of amides is 1. The molecule has 6 heteroatoms. The van der Waals surface area contributed by atoms with Crippen molar-refractivity contribution in [2.75, 3.05) is 26.7 Å². The summed E-state index contributed by atoms with van der Waals surface area (Å²) in [5, 5.41) is 14.6. The number of aromatic nitrogens is 1. The number of nitrogens with one attached hydrogen (secondary N) is 1. The lowest BCUT2D eigenvalue weighted by Crippen LogP contribution is -2.21. The minimum Gasteiger partial charge on any atom is -0.396 e. The smallest absolute Gasteiger partial charge is 0.226 e. The van der Waals surface area contributed by atoms with Crippen LogP contribution in [0.15, 0.2) is 5.38 Å². The molecule has 1 unspecified atom stereocenters. The van der Waals surface area contributed by atoms with Crippen molar-refractivity contribution in [2.45, 2.75) is 19.4 Å². The Labute approximate surface area is 111 Å². The molecule has 2 rings (SSSR count). The number of hydrogen-bond acceptors (Lipinski definition) is 5. The Kier molecular flexibility index (Phi) is 4.68. The molecule has 0 saturated carbocycles. The predicted octanol–water partition coefficient (Wildman–Crippen LogP) is 0.246. The van der Waals surface area contributed by atoms with Crippen LogP contribution in [0.3, 0.4) is 0 Å². The maximum atomic E-state index is 11.2. The second-order valence-corrected chi connectivity index (χ2v) is 5.60. The lowest BCUT2D eigenvalue weighted by atomic mass is 10.1. The number of likely N-dealkylation sites (N-methyl/N-ethyl adjacent to an activating group) is 1. The topological polar surface area (TPSA) is 65.5 Å². The van der Waals surface area contributed by atoms with Gasteiger partial charge in [0, 0.05) is 32.1 Å². The first-order valence-corrected chi connectivity index (χ1v) is 7.06. The largest absolute Gasteiger partial charge is 0.396 e. The molecule has 0 aliphatic carbocycles. The van der Waals surface area contributed by atoms with Crippen molar-refractivity contribution >= 4 is 17.2 Å². The van der Waals surface area contributed by atoms with Crippen molar-refractivity contribution in [3.63, 3.8) is 0 Å². The molecular weight excluding hydrogens is 250 g/mol. The third-order valence-electron chi connectivity index (χ3n) is 3.20. The number of hydrogen-bond donors (Lipinski definition) is 2. The van der Waals surface area contributed by atoms with Crippen molar-refractivity contribution in [3.8, 4) is 0 Å². The van der Waals surface area contributed by atoms with Crippen molar-refractivity contribution in [1.82, 2.24) is 15.2 Å². The molecule has 0 bridgehead atoms. The lowest BCUT2D eigenvalue weighted by molar-refractivity contribution is -0.119. The Morgan fingerprint density at radius 3 is 3.22 bits per heavy atom. The van der Waals surface area contributed by atoms with Crippen LogP contribution >= 0.6 is 11.3 Å². The second-order valence-electron chi connectivity index (χ2n) is 4.65. The van der Waals surface area contributed by atoms with Gasteiger partial charge in [-0.1, -0.05) is 0 Å². The average Bonchev–Trinajstić information content (AvgIpc) is 2.99. The van der Waals surface area contributed by atoms with Crippen LogP contribution in [0.4, 0.5) is 0 Å². The van der Waals surface area contributed by atoms with E-state index < -0.39 is 0 Å². The maximum absolute atomic E-state index is 11.2. The second kappa shape index (κ2) is 6.26. The van der Waals surface area contributed by atoms with Gasteiger partial charge >= 0.3 is 0 Å². The SMILES string of the molecule is CNC(=O)Cc1nc(CN2CCC(CO)C2)cs1. The molecule has 2 N–H and O–H groups in total. The first kappa shape index (κ1) is 13.5. The van der Waals surface area contributed by atoms with Gasteiger partial charge in [-0.15, -0.1) is 11.3 Å². The summed E-state index contributed by atoms with van der Waals surface area (Å²) in [4.78, 5) is 18.0. The van der Waals surface area contributed by atoms with Crippen LogP contribution in [0.5, 0.6) is 0 Å². The van der Waals surface area contributed by atoms with Gasteiger partial charge in [-0.2, -0.15) is 0 Å². The first-order chi connectivity index (χ1) is 8.71. The molecule has 1 aliphatic heterocycles. The summed E-state index contributed by atoms with van der Waals surface area (Å²) in [6.45, 7) is 3.06. The van der Waals surface area contributed by atoms with Gasteiger partial charge in [-0.25, -0.2) is 4.98 Å². The summed E-state index contributed by atoms with van der Waals surface area (Å²) in [6.07, 6.45) is 1.42. The number of thiazole rings is 1. The molecule has 2 heterocycles. The van der Waals surface area contributed by atoms with Gasteiger partial charge in [0.05, 0.1) is 12.1 Å². The summed E-state index contributed by atoms with van der Waals surface area (Å²) >= 11 is 1.54. The third kappa shape index (κ3) is 3.51. The fraction of sp³-hybridized carbons (Fsp3) is 0.667. The number of carbonyl (C=O) groups excluding carboxylic acids is 1. The van der Waals surface area contributed by atoms with Crippen molar-refractivity contribution in [2.24, 2.45) is 5.92 Å². The standard InChI is InChI=1S/C12H19N3O2S/c1-13-11(17)4-12-14-10(8-18-12)6-15-3-2-9(5-15)7-16/h8-9,16H,2-7H2,1H3,(H,13,17). The Bertz CT molecular complexity index is 408. The maximum Gasteiger partial charge on any atom is 0.226 e. The van der Waals surface area contributed by atoms with Crippen LogP contribution < -0.4 is 5.32 Å². The quantitative estimate of drug-likeness (QED) is 0.804. The first-order valence-electron chi connectivity index (χ1n) is 6.18. The van der Waals surface area contributed by atoms with Crippen molar-refractivity contribution < 1.29 is 9.90 Å². The minimum atomic E-state index is -0.00239. The van der Waals surface area contributed by atoms with E-state index in [9.17, 15) is 4.79 Å². The molecule has 1 saturated heterocycles. The summed E-state index contributed by atoms with van der Waals surface area (Å²) in [7, 11) is 1.64. The molecule has 5 nitrogen and oxygen atoms in total. The fourth-order valence-electron chi connectivity index (χ4n) is 2.16. The number of nitrogens with zero attached hydrogens (tertiary/aromatic N) is 2. The van der Waals surface area contributed by atoms with E-state index >= 15 is 0 Å². The van der Waals surface area contributed by atoms with Gasteiger partial charge in [-0.05, 0) is 18.9 Å². The Morgan fingerprint density at radius 2 is 2.56 bits per heavy atom. The lowest BCUT2D eigenvalue weighted by Gasteiger charge is -2.13. The van der Waals surface area contributed by atoms with Crippen molar-refractivity contribution in [1.29, 1.82) is 0 Å². The predicted molar refractivity (Wildman–Crippen MR) is 70.4 cm³/mol. The highest BCUT2D eigenvalue weighted by atomic mass is 32.1. The van der Waals surface area contributed by atoms with Gasteiger partial charge in [0.1, 0.15) is 5.01 Å². The van der Waals surface area contributed by atoms with E-state index in [2.05, 4.69) is 15.2 Å². The Hall–Kier alpha value is -0.980. The summed E-state index contributed by atoms with van der Waals surface area (Å²) < 4.78 is 0. The molecule has 0 radical (unpaired) electrons. The van der Waals surface area contributed by atoms with E-state index in [1.54, 1.807) is 7.05 Å². The summed E-state index contributed by atoms with van der Waals surface area (Å²) in [5.74, 6) is 0.409. The minimum absolute atomic E-state index is 0.00239. The normalized spacial score (nSPS) is 20.2. The summed E-state index contributed by atoms with van der Waals surface area (Å²) in [6, 6.07) is 0. The van der Waals surface area contributed by atoms with E-state index in [0.29, 0.717) is 12.3 Å². The number of likely N-dealkylation sites (tertiary alicyclic amines) is 1. The van der Waals surface area contributed by atoms with Crippen LogP contribution in [0, 0.1) is 5.92 Å². The zero-order chi connectivity index (χ0) is 13.0. The Morgan fingerprint density at radius 1 is 1.72 bits per heavy atom. The number of aliphatic hydroxyl groups excluding tert-OH is 1. The fourth-order valence-corrected chi connectivity index (χ4v) is 2.95. The molecule has 1 aliphatic rings. The van der Waals surface area contributed by atoms with E-state index in [1.807, 2.05) is 5.38 Å². The Balaban J connectivity index is 1.85. The highest BCUT2D eigenvalue weighted by Crippen LogP contribution is 2.19. The van der Waals surface area contributed by atoms with Gasteiger partial charge in [0.15, 0.2) is 0 Å². The van der Waals surface area contributed by atoms with Crippen molar-refractivity contribution in [3.05, 3.63) is 16.1 Å². The molecule has 18 heavy (non-hydrogen) atoms. The van der Waals surface area contributed by atoms with Crippen LogP contribution in [0.2, 0.25) is 0 Å². The number of carbonyl (C=O) groups is 1. The van der Waals surface area contributed by atoms with Gasteiger partial charge in [-0.3, -0.25) is 9.69 Å². The number of rotatable bonds is 5. The van der Waals surface area contributed by atoms with Crippen LogP contribution in [0.25, 0.3) is 0 Å². The van der Waals surface area contributed by atoms with E-state index in [4.69, 9.17) is 5.11 Å². The molecule has 1 atom stereocenters. The summed E-state index contributed by atoms with van der Waals surface area (Å²) in [5.41, 5.74) is 1.03. The van der Waals surface area contributed by atoms with Gasteiger partial charge < -0.3 is 10.4 Å². The molecule has 1 aromatic heterocycles. The molecule has 100 valence electrons. The molecule has 1 fully saturated rings. The van der Waals surface area contributed by atoms with Crippen LogP contribution in [-0.4, -0.2) is 47.6 Å². The molecule has 0 spiro atoms. The van der Waals surface area contributed by atoms with Gasteiger partial charge in [0.2, 0.25) is 5.91 Å².